The molecule has 0 spiro atoms. The molecule has 0 aliphatic heterocycles. The van der Waals surface area contributed by atoms with Crippen LogP contribution in [-0.4, -0.2) is 23.3 Å². The maximum Gasteiger partial charge on any atom is 0.404 e. The fourth-order valence-electron chi connectivity index (χ4n) is 0.676. The maximum absolute atomic E-state index is 10.3. The van der Waals surface area contributed by atoms with Crippen LogP contribution in [0.15, 0.2) is 11.6 Å². The number of carbonyl (C=O) groups excluding carboxylic acids is 1. The van der Waals surface area contributed by atoms with Crippen molar-refractivity contribution in [3.8, 4) is 0 Å². The molecule has 5 nitrogen and oxygen atoms in total. The minimum absolute atomic E-state index is 0.222. The van der Waals surface area contributed by atoms with Crippen LogP contribution in [0.2, 0.25) is 0 Å². The van der Waals surface area contributed by atoms with Crippen molar-refractivity contribution in [3.63, 3.8) is 0 Å². The summed E-state index contributed by atoms with van der Waals surface area (Å²) < 4.78 is 4.58. The molecule has 1 unspecified atom stereocenters. The molecule has 0 rings (SSSR count). The number of rotatable bonds is 4. The molecule has 0 aromatic heterocycles. The molecule has 1 amide bonds. The van der Waals surface area contributed by atoms with E-state index >= 15 is 0 Å². The van der Waals surface area contributed by atoms with E-state index in [1.165, 1.54) is 13.0 Å². The zero-order valence-corrected chi connectivity index (χ0v) is 7.61. The average Bonchev–Trinajstić information content (AvgIpc) is 1.98. The van der Waals surface area contributed by atoms with Gasteiger partial charge < -0.3 is 15.6 Å². The van der Waals surface area contributed by atoms with E-state index in [4.69, 9.17) is 10.8 Å². The number of carboxylic acids is 1. The van der Waals surface area contributed by atoms with Gasteiger partial charge in [-0.05, 0) is 13.8 Å². The number of carbonyl (C=O) groups is 2. The lowest BCUT2D eigenvalue weighted by Gasteiger charge is -2.08. The first-order valence-corrected chi connectivity index (χ1v) is 3.79. The summed E-state index contributed by atoms with van der Waals surface area (Å²) in [6, 6.07) is 0. The van der Waals surface area contributed by atoms with Crippen molar-refractivity contribution < 1.29 is 19.4 Å². The second kappa shape index (κ2) is 5.18. The topological polar surface area (TPSA) is 89.6 Å². The van der Waals surface area contributed by atoms with Crippen LogP contribution in [0.4, 0.5) is 4.79 Å². The first-order chi connectivity index (χ1) is 5.93. The third-order valence-corrected chi connectivity index (χ3v) is 1.41. The molecule has 0 saturated carbocycles. The van der Waals surface area contributed by atoms with Gasteiger partial charge in [0, 0.05) is 12.0 Å². The Balaban J connectivity index is 3.94. The Morgan fingerprint density at radius 1 is 1.62 bits per heavy atom. The van der Waals surface area contributed by atoms with Crippen molar-refractivity contribution in [2.75, 3.05) is 0 Å². The molecule has 5 heteroatoms. The number of aliphatic carboxylic acids is 1. The second-order valence-corrected chi connectivity index (χ2v) is 2.68. The highest BCUT2D eigenvalue weighted by atomic mass is 16.6. The van der Waals surface area contributed by atoms with Crippen molar-refractivity contribution in [2.24, 2.45) is 5.73 Å². The minimum Gasteiger partial charge on any atom is -0.478 e. The first kappa shape index (κ1) is 11.5. The van der Waals surface area contributed by atoms with Crippen LogP contribution in [0.1, 0.15) is 20.3 Å². The van der Waals surface area contributed by atoms with E-state index in [1.807, 2.05) is 0 Å². The number of carboxylic acid groups (broad SMARTS) is 1. The highest BCUT2D eigenvalue weighted by Gasteiger charge is 2.05. The third kappa shape index (κ3) is 5.72. The molecule has 0 heterocycles. The molecule has 0 aromatic carbocycles. The van der Waals surface area contributed by atoms with Gasteiger partial charge in [0.25, 0.3) is 0 Å². The number of amides is 1. The summed E-state index contributed by atoms with van der Waals surface area (Å²) in [5.74, 6) is -0.980. The van der Waals surface area contributed by atoms with Gasteiger partial charge in [0.1, 0.15) is 6.10 Å². The van der Waals surface area contributed by atoms with Crippen LogP contribution in [0.3, 0.4) is 0 Å². The molecule has 0 saturated heterocycles. The molecule has 0 radical (unpaired) electrons. The monoisotopic (exact) mass is 187 g/mol. The predicted molar refractivity (Wildman–Crippen MR) is 46.1 cm³/mol. The van der Waals surface area contributed by atoms with Gasteiger partial charge in [-0.25, -0.2) is 9.59 Å². The molecule has 0 fully saturated rings. The van der Waals surface area contributed by atoms with Gasteiger partial charge >= 0.3 is 12.1 Å². The molecule has 0 aliphatic carbocycles. The Labute approximate surface area is 76.2 Å². The van der Waals surface area contributed by atoms with Gasteiger partial charge in [0.2, 0.25) is 0 Å². The van der Waals surface area contributed by atoms with Gasteiger partial charge in [0.05, 0.1) is 0 Å². The van der Waals surface area contributed by atoms with E-state index in [1.54, 1.807) is 6.92 Å². The van der Waals surface area contributed by atoms with Gasteiger partial charge in [-0.3, -0.25) is 0 Å². The number of ether oxygens (including phenoxy) is 1. The molecule has 1 atom stereocenters. The van der Waals surface area contributed by atoms with Crippen molar-refractivity contribution >= 4 is 12.1 Å². The van der Waals surface area contributed by atoms with E-state index < -0.39 is 18.2 Å². The van der Waals surface area contributed by atoms with Crippen LogP contribution >= 0.6 is 0 Å². The lowest BCUT2D eigenvalue weighted by atomic mass is 10.2. The summed E-state index contributed by atoms with van der Waals surface area (Å²) >= 11 is 0. The second-order valence-electron chi connectivity index (χ2n) is 2.68. The van der Waals surface area contributed by atoms with E-state index in [0.717, 1.165) is 0 Å². The lowest BCUT2D eigenvalue weighted by molar-refractivity contribution is -0.132. The standard InChI is InChI=1S/C8H13NO4/c1-5(7(10)11)3-4-6(2)13-8(9)12/h3,6H,4H2,1-2H3,(H2,9,12)(H,10,11). The summed E-state index contributed by atoms with van der Waals surface area (Å²) in [6.07, 6.45) is 0.581. The van der Waals surface area contributed by atoms with Gasteiger partial charge in [-0.15, -0.1) is 0 Å². The Morgan fingerprint density at radius 2 is 2.15 bits per heavy atom. The summed E-state index contributed by atoms with van der Waals surface area (Å²) in [4.78, 5) is 20.6. The Morgan fingerprint density at radius 3 is 2.54 bits per heavy atom. The van der Waals surface area contributed by atoms with Gasteiger partial charge in [-0.2, -0.15) is 0 Å². The molecule has 74 valence electrons. The summed E-state index contributed by atoms with van der Waals surface area (Å²) in [5, 5.41) is 8.48. The molecule has 0 aliphatic rings. The third-order valence-electron chi connectivity index (χ3n) is 1.41. The highest BCUT2D eigenvalue weighted by Crippen LogP contribution is 2.02. The van der Waals surface area contributed by atoms with Crippen molar-refractivity contribution in [3.05, 3.63) is 11.6 Å². The maximum atomic E-state index is 10.3. The largest absolute Gasteiger partial charge is 0.478 e. The molecule has 0 bridgehead atoms. The number of primary amides is 1. The number of nitrogens with two attached hydrogens (primary N) is 1. The van der Waals surface area contributed by atoms with Crippen LogP contribution < -0.4 is 5.73 Å². The zero-order valence-electron chi connectivity index (χ0n) is 7.61. The molecule has 13 heavy (non-hydrogen) atoms. The first-order valence-electron chi connectivity index (χ1n) is 3.79. The van der Waals surface area contributed by atoms with Crippen LogP contribution in [-0.2, 0) is 9.53 Å². The predicted octanol–water partition coefficient (Wildman–Crippen LogP) is 0.891. The summed E-state index contributed by atoms with van der Waals surface area (Å²) in [5.41, 5.74) is 4.98. The Bertz CT molecular complexity index is 234. The molecular weight excluding hydrogens is 174 g/mol. The van der Waals surface area contributed by atoms with Crippen LogP contribution in [0.5, 0.6) is 0 Å². The average molecular weight is 187 g/mol. The quantitative estimate of drug-likeness (QED) is 0.639. The fraction of sp³-hybridized carbons (Fsp3) is 0.500. The molecular formula is C8H13NO4. The minimum atomic E-state index is -0.980. The number of hydrogen-bond acceptors (Lipinski definition) is 3. The Hall–Kier alpha value is -1.52. The molecule has 0 aromatic rings. The lowest BCUT2D eigenvalue weighted by Crippen LogP contribution is -2.19. The SMILES string of the molecule is CC(=CCC(C)OC(N)=O)C(=O)O. The van der Waals surface area contributed by atoms with E-state index in [-0.39, 0.29) is 5.57 Å². The van der Waals surface area contributed by atoms with E-state index in [2.05, 4.69) is 4.74 Å². The summed E-state index contributed by atoms with van der Waals surface area (Å²) in [7, 11) is 0. The van der Waals surface area contributed by atoms with Crippen LogP contribution in [0, 0.1) is 0 Å². The zero-order chi connectivity index (χ0) is 10.4. The smallest absolute Gasteiger partial charge is 0.404 e. The van der Waals surface area contributed by atoms with E-state index in [0.29, 0.717) is 6.42 Å². The van der Waals surface area contributed by atoms with Gasteiger partial charge in [-0.1, -0.05) is 6.08 Å². The van der Waals surface area contributed by atoms with Gasteiger partial charge in [0.15, 0.2) is 0 Å². The van der Waals surface area contributed by atoms with Crippen molar-refractivity contribution in [2.45, 2.75) is 26.4 Å². The number of hydrogen-bond donors (Lipinski definition) is 2. The molecule has 3 N–H and O–H groups in total. The summed E-state index contributed by atoms with van der Waals surface area (Å²) in [6.45, 7) is 3.11. The van der Waals surface area contributed by atoms with Crippen molar-refractivity contribution in [1.82, 2.24) is 0 Å². The van der Waals surface area contributed by atoms with Crippen LogP contribution in [0.25, 0.3) is 0 Å². The van der Waals surface area contributed by atoms with E-state index in [9.17, 15) is 9.59 Å². The Kier molecular flexibility index (Phi) is 4.58. The fourth-order valence-corrected chi connectivity index (χ4v) is 0.676. The normalized spacial score (nSPS) is 13.5. The van der Waals surface area contributed by atoms with Crippen molar-refractivity contribution in [1.29, 1.82) is 0 Å². The highest BCUT2D eigenvalue weighted by molar-refractivity contribution is 5.85.